The van der Waals surface area contributed by atoms with Crippen LogP contribution in [0.4, 0.5) is 15.9 Å². The number of hydrogen-bond donors (Lipinski definition) is 1. The van der Waals surface area contributed by atoms with E-state index in [0.717, 1.165) is 11.8 Å². The van der Waals surface area contributed by atoms with Gasteiger partial charge < -0.3 is 19.5 Å². The number of nitrogens with one attached hydrogen (secondary N) is 1. The van der Waals surface area contributed by atoms with Gasteiger partial charge in [0.05, 0.1) is 30.9 Å². The zero-order valence-corrected chi connectivity index (χ0v) is 15.3. The first-order valence-electron chi connectivity index (χ1n) is 8.43. The maximum atomic E-state index is 13.4. The summed E-state index contributed by atoms with van der Waals surface area (Å²) < 4.78 is 30.2. The minimum Gasteiger partial charge on any atom is -0.493 e. The highest BCUT2D eigenvalue weighted by atomic mass is 35.5. The standard InChI is InChI=1S/C19H17ClFN3O3/c1-25-17-8-16-13(7-18(17)27-12-4-5-26-9-12)19(23-10-22-16)24-11-2-3-15(21)14(20)6-11/h2-3,6-8,10,12H,4-5,9H2,1H3,(H,22,23,24)/t12-/m1/s1. The first-order chi connectivity index (χ1) is 13.1. The Balaban J connectivity index is 1.72. The molecule has 0 amide bonds. The van der Waals surface area contributed by atoms with Gasteiger partial charge in [0.15, 0.2) is 11.5 Å². The van der Waals surface area contributed by atoms with Crippen LogP contribution in [0.3, 0.4) is 0 Å². The van der Waals surface area contributed by atoms with E-state index in [1.807, 2.05) is 6.07 Å². The number of fused-ring (bicyclic) bond motifs is 1. The molecule has 8 heteroatoms. The van der Waals surface area contributed by atoms with Gasteiger partial charge in [0.25, 0.3) is 0 Å². The van der Waals surface area contributed by atoms with Crippen LogP contribution in [0.25, 0.3) is 10.9 Å². The lowest BCUT2D eigenvalue weighted by Gasteiger charge is -2.16. The van der Waals surface area contributed by atoms with E-state index in [1.165, 1.54) is 18.5 Å². The molecule has 0 unspecified atom stereocenters. The first-order valence-corrected chi connectivity index (χ1v) is 8.81. The highest BCUT2D eigenvalue weighted by molar-refractivity contribution is 6.31. The summed E-state index contributed by atoms with van der Waals surface area (Å²) in [6, 6.07) is 8.02. The second-order valence-corrected chi connectivity index (χ2v) is 6.51. The zero-order chi connectivity index (χ0) is 18.8. The molecule has 1 aliphatic heterocycles. The van der Waals surface area contributed by atoms with Crippen LogP contribution in [0.15, 0.2) is 36.7 Å². The van der Waals surface area contributed by atoms with Crippen molar-refractivity contribution in [3.63, 3.8) is 0 Å². The van der Waals surface area contributed by atoms with Crippen LogP contribution in [-0.2, 0) is 4.74 Å². The molecule has 1 aromatic heterocycles. The second kappa shape index (κ2) is 7.54. The van der Waals surface area contributed by atoms with Crippen LogP contribution in [0, 0.1) is 5.82 Å². The number of methoxy groups -OCH3 is 1. The summed E-state index contributed by atoms with van der Waals surface area (Å²) in [6.07, 6.45) is 2.25. The SMILES string of the molecule is COc1cc2ncnc(Nc3ccc(F)c(Cl)c3)c2cc1O[C@@H]1CCOC1. The lowest BCUT2D eigenvalue weighted by Crippen LogP contribution is -2.16. The Morgan fingerprint density at radius 3 is 2.85 bits per heavy atom. The van der Waals surface area contributed by atoms with Gasteiger partial charge >= 0.3 is 0 Å². The van der Waals surface area contributed by atoms with E-state index in [9.17, 15) is 4.39 Å². The van der Waals surface area contributed by atoms with Crippen LogP contribution >= 0.6 is 11.6 Å². The molecule has 0 spiro atoms. The molecule has 2 heterocycles. The van der Waals surface area contributed by atoms with Crippen molar-refractivity contribution < 1.29 is 18.6 Å². The molecule has 1 saturated heterocycles. The zero-order valence-electron chi connectivity index (χ0n) is 14.5. The molecule has 1 aliphatic rings. The van der Waals surface area contributed by atoms with Crippen LogP contribution in [0.1, 0.15) is 6.42 Å². The van der Waals surface area contributed by atoms with Gasteiger partial charge in [-0.3, -0.25) is 0 Å². The van der Waals surface area contributed by atoms with Gasteiger partial charge in [0.2, 0.25) is 0 Å². The molecule has 1 fully saturated rings. The summed E-state index contributed by atoms with van der Waals surface area (Å²) in [7, 11) is 1.58. The van der Waals surface area contributed by atoms with E-state index in [1.54, 1.807) is 19.2 Å². The third kappa shape index (κ3) is 3.74. The van der Waals surface area contributed by atoms with Gasteiger partial charge in [-0.15, -0.1) is 0 Å². The number of halogens is 2. The van der Waals surface area contributed by atoms with E-state index in [-0.39, 0.29) is 11.1 Å². The first kappa shape index (κ1) is 17.8. The maximum Gasteiger partial charge on any atom is 0.162 e. The number of hydrogen-bond acceptors (Lipinski definition) is 6. The van der Waals surface area contributed by atoms with Gasteiger partial charge in [0.1, 0.15) is 24.1 Å². The molecule has 1 N–H and O–H groups in total. The number of benzene rings is 2. The summed E-state index contributed by atoms with van der Waals surface area (Å²) >= 11 is 5.86. The van der Waals surface area contributed by atoms with E-state index < -0.39 is 5.82 Å². The van der Waals surface area contributed by atoms with Gasteiger partial charge in [-0.25, -0.2) is 14.4 Å². The summed E-state index contributed by atoms with van der Waals surface area (Å²) in [5.41, 5.74) is 1.30. The quantitative estimate of drug-likeness (QED) is 0.700. The average molecular weight is 390 g/mol. The van der Waals surface area contributed by atoms with Crippen LogP contribution in [0.2, 0.25) is 5.02 Å². The Bertz CT molecular complexity index is 980. The van der Waals surface area contributed by atoms with Crippen molar-refractivity contribution in [1.82, 2.24) is 9.97 Å². The number of aromatic nitrogens is 2. The number of ether oxygens (including phenoxy) is 3. The summed E-state index contributed by atoms with van der Waals surface area (Å²) in [6.45, 7) is 1.23. The molecule has 140 valence electrons. The highest BCUT2D eigenvalue weighted by Crippen LogP contribution is 2.36. The second-order valence-electron chi connectivity index (χ2n) is 6.10. The van der Waals surface area contributed by atoms with Crippen molar-refractivity contribution in [3.8, 4) is 11.5 Å². The van der Waals surface area contributed by atoms with Crippen molar-refractivity contribution in [2.24, 2.45) is 0 Å². The monoisotopic (exact) mass is 389 g/mol. The summed E-state index contributed by atoms with van der Waals surface area (Å²) in [5.74, 6) is 1.26. The van der Waals surface area contributed by atoms with Crippen LogP contribution in [0.5, 0.6) is 11.5 Å². The van der Waals surface area contributed by atoms with Crippen molar-refractivity contribution in [1.29, 1.82) is 0 Å². The Kier molecular flexibility index (Phi) is 4.96. The fourth-order valence-corrected chi connectivity index (χ4v) is 3.09. The third-order valence-corrected chi connectivity index (χ3v) is 4.57. The van der Waals surface area contributed by atoms with Crippen molar-refractivity contribution >= 4 is 34.0 Å². The lowest BCUT2D eigenvalue weighted by molar-refractivity contribution is 0.139. The molecule has 6 nitrogen and oxygen atoms in total. The highest BCUT2D eigenvalue weighted by Gasteiger charge is 2.20. The van der Waals surface area contributed by atoms with Crippen molar-refractivity contribution in [3.05, 3.63) is 47.5 Å². The molecule has 27 heavy (non-hydrogen) atoms. The largest absolute Gasteiger partial charge is 0.493 e. The van der Waals surface area contributed by atoms with E-state index in [2.05, 4.69) is 15.3 Å². The average Bonchev–Trinajstić information content (AvgIpc) is 3.18. The molecule has 0 bridgehead atoms. The molecule has 3 aromatic rings. The van der Waals surface area contributed by atoms with Gasteiger partial charge in [-0.1, -0.05) is 11.6 Å². The molecule has 4 rings (SSSR count). The van der Waals surface area contributed by atoms with Crippen LogP contribution in [-0.4, -0.2) is 36.4 Å². The predicted molar refractivity (Wildman–Crippen MR) is 101 cm³/mol. The van der Waals surface area contributed by atoms with E-state index in [4.69, 9.17) is 25.8 Å². The Labute approximate surface area is 160 Å². The normalized spacial score (nSPS) is 16.5. The van der Waals surface area contributed by atoms with Crippen LogP contribution < -0.4 is 14.8 Å². The molecule has 2 aromatic carbocycles. The molecule has 1 atom stereocenters. The molecule has 0 saturated carbocycles. The Hall–Kier alpha value is -2.64. The fourth-order valence-electron chi connectivity index (χ4n) is 2.91. The minimum absolute atomic E-state index is 0.0201. The third-order valence-electron chi connectivity index (χ3n) is 4.28. The molecule has 0 radical (unpaired) electrons. The van der Waals surface area contributed by atoms with Gasteiger partial charge in [-0.2, -0.15) is 0 Å². The van der Waals surface area contributed by atoms with E-state index >= 15 is 0 Å². The predicted octanol–water partition coefficient (Wildman–Crippen LogP) is 4.34. The fraction of sp³-hybridized carbons (Fsp3) is 0.263. The van der Waals surface area contributed by atoms with Gasteiger partial charge in [-0.05, 0) is 24.3 Å². The van der Waals surface area contributed by atoms with Crippen molar-refractivity contribution in [2.45, 2.75) is 12.5 Å². The molecule has 0 aliphatic carbocycles. The Morgan fingerprint density at radius 1 is 1.22 bits per heavy atom. The summed E-state index contributed by atoms with van der Waals surface area (Å²) in [5, 5.41) is 3.93. The number of nitrogens with zero attached hydrogens (tertiary/aromatic N) is 2. The van der Waals surface area contributed by atoms with E-state index in [0.29, 0.717) is 41.7 Å². The minimum atomic E-state index is -0.478. The molecular formula is C19H17ClFN3O3. The number of anilines is 2. The molecular weight excluding hydrogens is 373 g/mol. The number of rotatable bonds is 5. The maximum absolute atomic E-state index is 13.4. The smallest absolute Gasteiger partial charge is 0.162 e. The lowest BCUT2D eigenvalue weighted by atomic mass is 10.2. The Morgan fingerprint density at radius 2 is 2.11 bits per heavy atom. The topological polar surface area (TPSA) is 65.5 Å². The van der Waals surface area contributed by atoms with Crippen molar-refractivity contribution in [2.75, 3.05) is 25.6 Å². The summed E-state index contributed by atoms with van der Waals surface area (Å²) in [4.78, 5) is 8.60. The van der Waals surface area contributed by atoms with Gasteiger partial charge in [0, 0.05) is 23.6 Å².